The fourth-order valence-corrected chi connectivity index (χ4v) is 4.04. The molecule has 2 nitrogen and oxygen atoms in total. The first-order valence-electron chi connectivity index (χ1n) is 6.71. The number of hydrogen-bond acceptors (Lipinski definition) is 3. The summed E-state index contributed by atoms with van der Waals surface area (Å²) in [5, 5.41) is 7.96. The molecule has 0 fully saturated rings. The summed E-state index contributed by atoms with van der Waals surface area (Å²) in [7, 11) is 3.70. The minimum atomic E-state index is 0.164. The molecule has 0 saturated carbocycles. The summed E-state index contributed by atoms with van der Waals surface area (Å²) < 4.78 is 6.43. The maximum atomic E-state index is 5.31. The van der Waals surface area contributed by atoms with E-state index < -0.39 is 0 Å². The number of thiophene rings is 1. The van der Waals surface area contributed by atoms with Gasteiger partial charge in [0, 0.05) is 14.7 Å². The number of halogens is 1. The van der Waals surface area contributed by atoms with Crippen molar-refractivity contribution < 1.29 is 4.74 Å². The van der Waals surface area contributed by atoms with Crippen molar-refractivity contribution in [1.82, 2.24) is 5.32 Å². The van der Waals surface area contributed by atoms with E-state index in [0.29, 0.717) is 0 Å². The van der Waals surface area contributed by atoms with Gasteiger partial charge in [0.15, 0.2) is 0 Å². The average Bonchev–Trinajstić information content (AvgIpc) is 2.99. The molecule has 1 N–H and O–H groups in total. The maximum Gasteiger partial charge on any atom is 0.129 e. The van der Waals surface area contributed by atoms with Crippen LogP contribution in [0.5, 0.6) is 5.75 Å². The predicted molar refractivity (Wildman–Crippen MR) is 93.4 cm³/mol. The van der Waals surface area contributed by atoms with Gasteiger partial charge in [-0.1, -0.05) is 46.3 Å². The Labute approximate surface area is 136 Å². The van der Waals surface area contributed by atoms with Crippen LogP contribution < -0.4 is 10.1 Å². The number of fused-ring (bicyclic) bond motifs is 1. The number of hydrogen-bond donors (Lipinski definition) is 1. The zero-order valence-corrected chi connectivity index (χ0v) is 14.3. The molecule has 0 aliphatic heterocycles. The summed E-state index contributed by atoms with van der Waals surface area (Å²) in [6.45, 7) is 0. The maximum absolute atomic E-state index is 5.31. The lowest BCUT2D eigenvalue weighted by Gasteiger charge is -2.18. The second-order valence-electron chi connectivity index (χ2n) is 4.79. The van der Waals surface area contributed by atoms with Gasteiger partial charge < -0.3 is 10.1 Å². The van der Waals surface area contributed by atoms with Crippen molar-refractivity contribution >= 4 is 38.0 Å². The monoisotopic (exact) mass is 361 g/mol. The third-order valence-electron chi connectivity index (χ3n) is 3.62. The van der Waals surface area contributed by atoms with Gasteiger partial charge in [-0.2, -0.15) is 0 Å². The topological polar surface area (TPSA) is 21.3 Å². The normalized spacial score (nSPS) is 12.5. The summed E-state index contributed by atoms with van der Waals surface area (Å²) >= 11 is 5.35. The van der Waals surface area contributed by atoms with Gasteiger partial charge in [-0.15, -0.1) is 11.3 Å². The van der Waals surface area contributed by atoms with Gasteiger partial charge in [0.05, 0.1) is 13.2 Å². The number of benzene rings is 2. The molecule has 1 atom stereocenters. The average molecular weight is 362 g/mol. The van der Waals surface area contributed by atoms with Gasteiger partial charge in [-0.25, -0.2) is 0 Å². The van der Waals surface area contributed by atoms with Crippen molar-refractivity contribution in [3.8, 4) is 5.75 Å². The van der Waals surface area contributed by atoms with Crippen LogP contribution in [-0.2, 0) is 0 Å². The third kappa shape index (κ3) is 2.71. The highest BCUT2D eigenvalue weighted by Gasteiger charge is 2.17. The van der Waals surface area contributed by atoms with Crippen LogP contribution in [0.25, 0.3) is 10.8 Å². The highest BCUT2D eigenvalue weighted by Crippen LogP contribution is 2.36. The molecule has 0 aliphatic rings. The molecule has 1 aromatic heterocycles. The third-order valence-corrected chi connectivity index (χ3v) is 5.29. The Morgan fingerprint density at radius 3 is 2.57 bits per heavy atom. The Morgan fingerprint density at radius 2 is 1.90 bits per heavy atom. The van der Waals surface area contributed by atoms with Crippen LogP contribution in [-0.4, -0.2) is 14.2 Å². The van der Waals surface area contributed by atoms with E-state index in [4.69, 9.17) is 4.74 Å². The SMILES string of the molecule is CNC(c1cc(OC)cs1)c1ccc(Br)c2ccccc12. The lowest BCUT2D eigenvalue weighted by atomic mass is 9.98. The molecule has 1 heterocycles. The van der Waals surface area contributed by atoms with E-state index in [0.717, 1.165) is 10.2 Å². The lowest BCUT2D eigenvalue weighted by molar-refractivity contribution is 0.416. The van der Waals surface area contributed by atoms with Crippen LogP contribution in [0.4, 0.5) is 0 Å². The first-order chi connectivity index (χ1) is 10.2. The minimum Gasteiger partial charge on any atom is -0.496 e. The highest BCUT2D eigenvalue weighted by molar-refractivity contribution is 9.10. The summed E-state index contributed by atoms with van der Waals surface area (Å²) in [5.74, 6) is 0.914. The Bertz CT molecular complexity index is 768. The van der Waals surface area contributed by atoms with Gasteiger partial charge >= 0.3 is 0 Å². The van der Waals surface area contributed by atoms with E-state index in [-0.39, 0.29) is 6.04 Å². The minimum absolute atomic E-state index is 0.164. The van der Waals surface area contributed by atoms with Gasteiger partial charge in [0.1, 0.15) is 5.75 Å². The molecule has 0 spiro atoms. The van der Waals surface area contributed by atoms with E-state index >= 15 is 0 Å². The molecule has 2 aromatic carbocycles. The van der Waals surface area contributed by atoms with Crippen molar-refractivity contribution in [3.63, 3.8) is 0 Å². The molecule has 1 unspecified atom stereocenters. The van der Waals surface area contributed by atoms with Gasteiger partial charge in [-0.3, -0.25) is 0 Å². The Hall–Kier alpha value is -1.36. The van der Waals surface area contributed by atoms with Crippen molar-refractivity contribution in [2.45, 2.75) is 6.04 Å². The standard InChI is InChI=1S/C17H16BrNOS/c1-19-17(16-9-11(20-2)10-21-16)14-7-8-15(18)13-6-4-3-5-12(13)14/h3-10,17,19H,1-2H3. The quantitative estimate of drug-likeness (QED) is 0.707. The molecule has 0 saturated heterocycles. The van der Waals surface area contributed by atoms with Gasteiger partial charge in [-0.05, 0) is 35.5 Å². The van der Waals surface area contributed by atoms with Crippen LogP contribution in [0, 0.1) is 0 Å². The molecule has 108 valence electrons. The fraction of sp³-hybridized carbons (Fsp3) is 0.176. The zero-order valence-electron chi connectivity index (χ0n) is 11.9. The molecular formula is C17H16BrNOS. The smallest absolute Gasteiger partial charge is 0.129 e. The van der Waals surface area contributed by atoms with Crippen LogP contribution in [0.2, 0.25) is 0 Å². The predicted octanol–water partition coefficient (Wildman–Crippen LogP) is 4.98. The molecule has 0 aliphatic carbocycles. The van der Waals surface area contributed by atoms with Crippen molar-refractivity contribution in [3.05, 3.63) is 62.8 Å². The second-order valence-corrected chi connectivity index (χ2v) is 6.59. The Balaban J connectivity index is 2.15. The molecular weight excluding hydrogens is 346 g/mol. The summed E-state index contributed by atoms with van der Waals surface area (Å²) in [4.78, 5) is 1.25. The molecule has 21 heavy (non-hydrogen) atoms. The van der Waals surface area contributed by atoms with Crippen LogP contribution in [0.1, 0.15) is 16.5 Å². The first-order valence-corrected chi connectivity index (χ1v) is 8.38. The molecule has 0 bridgehead atoms. The van der Waals surface area contributed by atoms with Gasteiger partial charge in [0.25, 0.3) is 0 Å². The van der Waals surface area contributed by atoms with Crippen molar-refractivity contribution in [1.29, 1.82) is 0 Å². The lowest BCUT2D eigenvalue weighted by Crippen LogP contribution is -2.16. The van der Waals surface area contributed by atoms with E-state index in [2.05, 4.69) is 63.7 Å². The summed E-state index contributed by atoms with van der Waals surface area (Å²) in [6, 6.07) is 15.0. The Morgan fingerprint density at radius 1 is 1.14 bits per heavy atom. The molecule has 3 rings (SSSR count). The summed E-state index contributed by atoms with van der Waals surface area (Å²) in [6.07, 6.45) is 0. The van der Waals surface area contributed by atoms with E-state index in [1.165, 1.54) is 21.2 Å². The highest BCUT2D eigenvalue weighted by atomic mass is 79.9. The second kappa shape index (κ2) is 6.18. The molecule has 4 heteroatoms. The van der Waals surface area contributed by atoms with E-state index in [9.17, 15) is 0 Å². The zero-order chi connectivity index (χ0) is 14.8. The van der Waals surface area contributed by atoms with E-state index in [1.807, 2.05) is 12.4 Å². The molecule has 0 radical (unpaired) electrons. The van der Waals surface area contributed by atoms with E-state index in [1.54, 1.807) is 18.4 Å². The van der Waals surface area contributed by atoms with Gasteiger partial charge in [0.2, 0.25) is 0 Å². The number of methoxy groups -OCH3 is 1. The van der Waals surface area contributed by atoms with Crippen LogP contribution in [0.15, 0.2) is 52.3 Å². The molecule has 0 amide bonds. The number of ether oxygens (including phenoxy) is 1. The van der Waals surface area contributed by atoms with Crippen LogP contribution in [0.3, 0.4) is 0 Å². The number of nitrogens with one attached hydrogen (secondary N) is 1. The number of rotatable bonds is 4. The Kier molecular flexibility index (Phi) is 4.29. The molecule has 3 aromatic rings. The van der Waals surface area contributed by atoms with Crippen molar-refractivity contribution in [2.75, 3.05) is 14.2 Å². The fourth-order valence-electron chi connectivity index (χ4n) is 2.58. The largest absolute Gasteiger partial charge is 0.496 e. The van der Waals surface area contributed by atoms with Crippen LogP contribution >= 0.6 is 27.3 Å². The first kappa shape index (κ1) is 14.6. The van der Waals surface area contributed by atoms with Crippen molar-refractivity contribution in [2.24, 2.45) is 0 Å². The summed E-state index contributed by atoms with van der Waals surface area (Å²) in [5.41, 5.74) is 1.28.